The van der Waals surface area contributed by atoms with Crippen molar-refractivity contribution in [2.45, 2.75) is 51.5 Å². The first-order valence-corrected chi connectivity index (χ1v) is 6.21. The van der Waals surface area contributed by atoms with Crippen LogP contribution in [-0.2, 0) is 13.5 Å². The highest BCUT2D eigenvalue weighted by atomic mass is 15.4. The SMILES string of the molecule is Cn1cc(CC(N)C2(C)CCCCC2)nn1. The molecule has 1 heterocycles. The Hall–Kier alpha value is -0.900. The Morgan fingerprint density at radius 2 is 2.12 bits per heavy atom. The Kier molecular flexibility index (Phi) is 3.28. The van der Waals surface area contributed by atoms with Crippen LogP contribution in [0.2, 0.25) is 0 Å². The zero-order valence-electron chi connectivity index (χ0n) is 10.3. The van der Waals surface area contributed by atoms with Crippen LogP contribution in [0, 0.1) is 5.41 Å². The van der Waals surface area contributed by atoms with Gasteiger partial charge < -0.3 is 5.73 Å². The summed E-state index contributed by atoms with van der Waals surface area (Å²) in [5, 5.41) is 8.06. The summed E-state index contributed by atoms with van der Waals surface area (Å²) in [4.78, 5) is 0. The fourth-order valence-electron chi connectivity index (χ4n) is 2.69. The number of hydrogen-bond acceptors (Lipinski definition) is 3. The molecule has 0 saturated heterocycles. The maximum Gasteiger partial charge on any atom is 0.0842 e. The van der Waals surface area contributed by atoms with Gasteiger partial charge in [-0.25, -0.2) is 0 Å². The third-order valence-electron chi connectivity index (χ3n) is 3.97. The van der Waals surface area contributed by atoms with Crippen molar-refractivity contribution >= 4 is 0 Å². The van der Waals surface area contributed by atoms with Crippen LogP contribution in [0.3, 0.4) is 0 Å². The maximum atomic E-state index is 6.35. The standard InChI is InChI=1S/C12H22N4/c1-12(6-4-3-5-7-12)11(13)8-10-9-16(2)15-14-10/h9,11H,3-8,13H2,1-2H3. The highest BCUT2D eigenvalue weighted by Gasteiger charge is 2.33. The summed E-state index contributed by atoms with van der Waals surface area (Å²) in [7, 11) is 1.89. The number of aromatic nitrogens is 3. The maximum absolute atomic E-state index is 6.35. The Bertz CT molecular complexity index is 339. The molecule has 2 rings (SSSR count). The van der Waals surface area contributed by atoms with Crippen LogP contribution >= 0.6 is 0 Å². The van der Waals surface area contributed by atoms with Gasteiger partial charge in [-0.1, -0.05) is 31.4 Å². The largest absolute Gasteiger partial charge is 0.327 e. The summed E-state index contributed by atoms with van der Waals surface area (Å²) < 4.78 is 1.74. The fraction of sp³-hybridized carbons (Fsp3) is 0.833. The van der Waals surface area contributed by atoms with Crippen LogP contribution < -0.4 is 5.73 Å². The molecule has 0 bridgehead atoms. The van der Waals surface area contributed by atoms with E-state index in [1.165, 1.54) is 32.1 Å². The third-order valence-corrected chi connectivity index (χ3v) is 3.97. The van der Waals surface area contributed by atoms with Crippen LogP contribution in [0.4, 0.5) is 0 Å². The lowest BCUT2D eigenvalue weighted by molar-refractivity contribution is 0.168. The molecule has 0 radical (unpaired) electrons. The summed E-state index contributed by atoms with van der Waals surface area (Å²) in [5.74, 6) is 0. The number of nitrogens with two attached hydrogens (primary N) is 1. The molecule has 90 valence electrons. The van der Waals surface area contributed by atoms with Crippen molar-refractivity contribution in [2.75, 3.05) is 0 Å². The number of rotatable bonds is 3. The van der Waals surface area contributed by atoms with Gasteiger partial charge in [-0.05, 0) is 18.3 Å². The Balaban J connectivity index is 1.98. The minimum absolute atomic E-state index is 0.212. The van der Waals surface area contributed by atoms with Gasteiger partial charge in [0.25, 0.3) is 0 Å². The van der Waals surface area contributed by atoms with Gasteiger partial charge in [-0.3, -0.25) is 4.68 Å². The summed E-state index contributed by atoms with van der Waals surface area (Å²) in [6.45, 7) is 2.33. The number of nitrogens with zero attached hydrogens (tertiary/aromatic N) is 3. The summed E-state index contributed by atoms with van der Waals surface area (Å²) in [6.07, 6.45) is 9.35. The molecule has 1 atom stereocenters. The predicted octanol–water partition coefficient (Wildman–Crippen LogP) is 1.66. The lowest BCUT2D eigenvalue weighted by Crippen LogP contribution is -2.42. The topological polar surface area (TPSA) is 56.7 Å². The molecule has 4 nitrogen and oxygen atoms in total. The molecule has 1 aliphatic rings. The van der Waals surface area contributed by atoms with E-state index in [0.717, 1.165) is 12.1 Å². The number of hydrogen-bond donors (Lipinski definition) is 1. The molecule has 16 heavy (non-hydrogen) atoms. The van der Waals surface area contributed by atoms with E-state index in [1.54, 1.807) is 4.68 Å². The van der Waals surface area contributed by atoms with Crippen molar-refractivity contribution in [3.63, 3.8) is 0 Å². The van der Waals surface area contributed by atoms with Gasteiger partial charge in [-0.2, -0.15) is 0 Å². The van der Waals surface area contributed by atoms with Gasteiger partial charge in [0.15, 0.2) is 0 Å². The van der Waals surface area contributed by atoms with Crippen LogP contribution in [0.25, 0.3) is 0 Å². The molecular weight excluding hydrogens is 200 g/mol. The molecule has 1 unspecified atom stereocenters. The summed E-state index contributed by atoms with van der Waals surface area (Å²) >= 11 is 0. The molecule has 1 saturated carbocycles. The highest BCUT2D eigenvalue weighted by Crippen LogP contribution is 2.38. The quantitative estimate of drug-likeness (QED) is 0.846. The molecule has 1 fully saturated rings. The van der Waals surface area contributed by atoms with Gasteiger partial charge in [0.1, 0.15) is 0 Å². The average Bonchev–Trinajstić information content (AvgIpc) is 2.65. The third kappa shape index (κ3) is 2.43. The first-order chi connectivity index (χ1) is 7.60. The summed E-state index contributed by atoms with van der Waals surface area (Å²) in [6, 6.07) is 0.212. The van der Waals surface area contributed by atoms with E-state index < -0.39 is 0 Å². The Morgan fingerprint density at radius 3 is 2.69 bits per heavy atom. The second kappa shape index (κ2) is 4.53. The first kappa shape index (κ1) is 11.6. The second-order valence-electron chi connectivity index (χ2n) is 5.41. The lowest BCUT2D eigenvalue weighted by atomic mass is 9.70. The van der Waals surface area contributed by atoms with Crippen LogP contribution in [0.1, 0.15) is 44.7 Å². The normalized spacial score (nSPS) is 21.9. The van der Waals surface area contributed by atoms with E-state index in [9.17, 15) is 0 Å². The van der Waals surface area contributed by atoms with Crippen molar-refractivity contribution in [2.24, 2.45) is 18.2 Å². The average molecular weight is 222 g/mol. The minimum atomic E-state index is 0.212. The van der Waals surface area contributed by atoms with Crippen LogP contribution in [-0.4, -0.2) is 21.0 Å². The molecule has 0 aromatic carbocycles. The van der Waals surface area contributed by atoms with E-state index in [0.29, 0.717) is 5.41 Å². The highest BCUT2D eigenvalue weighted by molar-refractivity contribution is 5.00. The molecule has 0 aliphatic heterocycles. The van der Waals surface area contributed by atoms with Crippen molar-refractivity contribution in [1.82, 2.24) is 15.0 Å². The predicted molar refractivity (Wildman–Crippen MR) is 63.9 cm³/mol. The molecule has 4 heteroatoms. The molecule has 1 aromatic rings. The number of aryl methyl sites for hydroxylation is 1. The molecule has 1 aliphatic carbocycles. The Morgan fingerprint density at radius 1 is 1.44 bits per heavy atom. The lowest BCUT2D eigenvalue weighted by Gasteiger charge is -2.38. The van der Waals surface area contributed by atoms with E-state index in [-0.39, 0.29) is 6.04 Å². The molecule has 2 N–H and O–H groups in total. The molecular formula is C12H22N4. The van der Waals surface area contributed by atoms with Gasteiger partial charge in [0, 0.05) is 25.7 Å². The van der Waals surface area contributed by atoms with E-state index in [4.69, 9.17) is 5.73 Å². The van der Waals surface area contributed by atoms with Crippen LogP contribution in [0.5, 0.6) is 0 Å². The molecule has 1 aromatic heterocycles. The monoisotopic (exact) mass is 222 g/mol. The zero-order valence-corrected chi connectivity index (χ0v) is 10.3. The van der Waals surface area contributed by atoms with Gasteiger partial charge >= 0.3 is 0 Å². The molecule has 0 amide bonds. The van der Waals surface area contributed by atoms with Crippen molar-refractivity contribution in [3.8, 4) is 0 Å². The van der Waals surface area contributed by atoms with E-state index in [1.807, 2.05) is 13.2 Å². The van der Waals surface area contributed by atoms with Crippen LogP contribution in [0.15, 0.2) is 6.20 Å². The smallest absolute Gasteiger partial charge is 0.0842 e. The fourth-order valence-corrected chi connectivity index (χ4v) is 2.69. The zero-order chi connectivity index (χ0) is 11.6. The minimum Gasteiger partial charge on any atom is -0.327 e. The van der Waals surface area contributed by atoms with E-state index in [2.05, 4.69) is 17.2 Å². The van der Waals surface area contributed by atoms with E-state index >= 15 is 0 Å². The van der Waals surface area contributed by atoms with Gasteiger partial charge in [0.2, 0.25) is 0 Å². The van der Waals surface area contributed by atoms with Crippen molar-refractivity contribution in [3.05, 3.63) is 11.9 Å². The van der Waals surface area contributed by atoms with Gasteiger partial charge in [0.05, 0.1) is 5.69 Å². The first-order valence-electron chi connectivity index (χ1n) is 6.21. The molecule has 0 spiro atoms. The summed E-state index contributed by atoms with van der Waals surface area (Å²) in [5.41, 5.74) is 7.66. The van der Waals surface area contributed by atoms with Gasteiger partial charge in [-0.15, -0.1) is 5.10 Å². The Labute approximate surface area is 97.2 Å². The van der Waals surface area contributed by atoms with Crippen molar-refractivity contribution < 1.29 is 0 Å². The van der Waals surface area contributed by atoms with Crippen molar-refractivity contribution in [1.29, 1.82) is 0 Å². The second-order valence-corrected chi connectivity index (χ2v) is 5.41.